The summed E-state index contributed by atoms with van der Waals surface area (Å²) in [5, 5.41) is 0. The molecular weight excluding hydrogens is 276 g/mol. The molecule has 1 aliphatic rings. The van der Waals surface area contributed by atoms with Crippen molar-refractivity contribution in [2.45, 2.75) is 25.2 Å². The lowest BCUT2D eigenvalue weighted by atomic mass is 9.91. The van der Waals surface area contributed by atoms with Gasteiger partial charge in [-0.2, -0.15) is 0 Å². The molecule has 1 aromatic carbocycles. The number of unbranched alkanes of at least 4 members (excludes halogenated alkanes) is 1. The van der Waals surface area contributed by atoms with E-state index in [2.05, 4.69) is 46.1 Å². The largest absolute Gasteiger partial charge is 0.330 e. The van der Waals surface area contributed by atoms with Crippen LogP contribution in [0.1, 0.15) is 29.9 Å². The fourth-order valence-corrected chi connectivity index (χ4v) is 3.18. The minimum atomic E-state index is 0.715. The van der Waals surface area contributed by atoms with Crippen molar-refractivity contribution in [2.75, 3.05) is 26.7 Å². The van der Waals surface area contributed by atoms with E-state index >= 15 is 0 Å². The maximum Gasteiger partial charge on any atom is 0.0213 e. The highest BCUT2D eigenvalue weighted by molar-refractivity contribution is 9.10. The normalized spacial score (nSPS) is 17.1. The van der Waals surface area contributed by atoms with Crippen molar-refractivity contribution in [3.8, 4) is 0 Å². The van der Waals surface area contributed by atoms with E-state index in [1.165, 1.54) is 35.1 Å². The van der Waals surface area contributed by atoms with E-state index in [4.69, 9.17) is 5.73 Å². The van der Waals surface area contributed by atoms with Crippen LogP contribution in [0, 0.1) is 0 Å². The van der Waals surface area contributed by atoms with Crippen LogP contribution in [0.15, 0.2) is 22.7 Å². The van der Waals surface area contributed by atoms with Gasteiger partial charge in [-0.25, -0.2) is 0 Å². The molecule has 1 aromatic rings. The van der Waals surface area contributed by atoms with Crippen LogP contribution < -0.4 is 5.73 Å². The lowest BCUT2D eigenvalue weighted by molar-refractivity contribution is 0.189. The van der Waals surface area contributed by atoms with E-state index < -0.39 is 0 Å². The van der Waals surface area contributed by atoms with Crippen molar-refractivity contribution in [3.05, 3.63) is 33.8 Å². The third-order valence-corrected chi connectivity index (χ3v) is 4.18. The molecular formula is C14H21BrN2. The number of hydrogen-bond donors (Lipinski definition) is 1. The van der Waals surface area contributed by atoms with E-state index in [9.17, 15) is 0 Å². The second-order valence-electron chi connectivity index (χ2n) is 5.02. The van der Waals surface area contributed by atoms with Crippen molar-refractivity contribution in [2.24, 2.45) is 5.73 Å². The summed E-state index contributed by atoms with van der Waals surface area (Å²) < 4.78 is 1.28. The van der Waals surface area contributed by atoms with Crippen LogP contribution in [0.2, 0.25) is 0 Å². The standard InChI is InChI=1S/C14H21BrN2/c1-17-9-12(10-17)13-6-5-11(8-14(13)15)4-2-3-7-16/h5-6,8,12H,2-4,7,9-10,16H2,1H3. The zero-order valence-corrected chi connectivity index (χ0v) is 12.0. The molecule has 3 heteroatoms. The monoisotopic (exact) mass is 296 g/mol. The van der Waals surface area contributed by atoms with Crippen LogP contribution in [-0.4, -0.2) is 31.6 Å². The second kappa shape index (κ2) is 5.98. The average molecular weight is 297 g/mol. The number of likely N-dealkylation sites (tertiary alicyclic amines) is 1. The maximum atomic E-state index is 5.51. The van der Waals surface area contributed by atoms with E-state index in [0.29, 0.717) is 5.92 Å². The van der Waals surface area contributed by atoms with Crippen LogP contribution in [0.25, 0.3) is 0 Å². The first-order chi connectivity index (χ1) is 8.20. The van der Waals surface area contributed by atoms with Gasteiger partial charge in [0.25, 0.3) is 0 Å². The van der Waals surface area contributed by atoms with Crippen LogP contribution in [0.5, 0.6) is 0 Å². The molecule has 0 bridgehead atoms. The number of benzene rings is 1. The van der Waals surface area contributed by atoms with Crippen LogP contribution in [0.3, 0.4) is 0 Å². The fourth-order valence-electron chi connectivity index (χ4n) is 2.43. The lowest BCUT2D eigenvalue weighted by Gasteiger charge is -2.37. The lowest BCUT2D eigenvalue weighted by Crippen LogP contribution is -2.41. The van der Waals surface area contributed by atoms with Gasteiger partial charge in [0.05, 0.1) is 0 Å². The Morgan fingerprint density at radius 1 is 1.35 bits per heavy atom. The van der Waals surface area contributed by atoms with Crippen LogP contribution in [0.4, 0.5) is 0 Å². The summed E-state index contributed by atoms with van der Waals surface area (Å²) in [6.07, 6.45) is 3.45. The first kappa shape index (κ1) is 13.1. The quantitative estimate of drug-likeness (QED) is 0.847. The molecule has 0 aromatic heterocycles. The molecule has 2 N–H and O–H groups in total. The van der Waals surface area contributed by atoms with Gasteiger partial charge in [-0.05, 0) is 50.0 Å². The van der Waals surface area contributed by atoms with Crippen molar-refractivity contribution >= 4 is 15.9 Å². The number of rotatable bonds is 5. The summed E-state index contributed by atoms with van der Waals surface area (Å²) in [5.41, 5.74) is 8.39. The number of nitrogens with zero attached hydrogens (tertiary/aromatic N) is 1. The topological polar surface area (TPSA) is 29.3 Å². The molecule has 0 amide bonds. The number of nitrogens with two attached hydrogens (primary N) is 1. The van der Waals surface area contributed by atoms with Crippen molar-refractivity contribution in [1.29, 1.82) is 0 Å². The molecule has 0 radical (unpaired) electrons. The molecule has 1 heterocycles. The third kappa shape index (κ3) is 3.30. The zero-order valence-electron chi connectivity index (χ0n) is 10.5. The van der Waals surface area contributed by atoms with Gasteiger partial charge in [0.2, 0.25) is 0 Å². The molecule has 0 saturated carbocycles. The summed E-state index contributed by atoms with van der Waals surface area (Å²) in [6.45, 7) is 3.17. The molecule has 0 aliphatic carbocycles. The summed E-state index contributed by atoms with van der Waals surface area (Å²) >= 11 is 3.71. The first-order valence-electron chi connectivity index (χ1n) is 6.37. The first-order valence-corrected chi connectivity index (χ1v) is 7.17. The molecule has 17 heavy (non-hydrogen) atoms. The van der Waals surface area contributed by atoms with E-state index in [-0.39, 0.29) is 0 Å². The molecule has 94 valence electrons. The molecule has 1 fully saturated rings. The molecule has 1 saturated heterocycles. The van der Waals surface area contributed by atoms with Gasteiger partial charge in [-0.3, -0.25) is 0 Å². The van der Waals surface area contributed by atoms with Crippen molar-refractivity contribution in [1.82, 2.24) is 4.90 Å². The number of aryl methyl sites for hydroxylation is 1. The molecule has 0 atom stereocenters. The smallest absolute Gasteiger partial charge is 0.0213 e. The minimum absolute atomic E-state index is 0.715. The Kier molecular flexibility index (Phi) is 4.60. The van der Waals surface area contributed by atoms with Gasteiger partial charge < -0.3 is 10.6 Å². The fraction of sp³-hybridized carbons (Fsp3) is 0.571. The van der Waals surface area contributed by atoms with E-state index in [0.717, 1.165) is 19.4 Å². The Balaban J connectivity index is 1.96. The predicted octanol–water partition coefficient (Wildman–Crippen LogP) is 2.76. The summed E-state index contributed by atoms with van der Waals surface area (Å²) in [5.74, 6) is 0.715. The molecule has 0 unspecified atom stereocenters. The second-order valence-corrected chi connectivity index (χ2v) is 5.87. The predicted molar refractivity (Wildman–Crippen MR) is 76.4 cm³/mol. The number of hydrogen-bond acceptors (Lipinski definition) is 2. The SMILES string of the molecule is CN1CC(c2ccc(CCCCN)cc2Br)C1. The Bertz CT molecular complexity index is 372. The van der Waals surface area contributed by atoms with Crippen molar-refractivity contribution in [3.63, 3.8) is 0 Å². The Morgan fingerprint density at radius 2 is 2.12 bits per heavy atom. The summed E-state index contributed by atoms with van der Waals surface area (Å²) in [6, 6.07) is 6.85. The minimum Gasteiger partial charge on any atom is -0.330 e. The Morgan fingerprint density at radius 3 is 2.71 bits per heavy atom. The average Bonchev–Trinajstić information content (AvgIpc) is 2.26. The molecule has 1 aliphatic heterocycles. The number of halogens is 1. The maximum absolute atomic E-state index is 5.51. The highest BCUT2D eigenvalue weighted by atomic mass is 79.9. The third-order valence-electron chi connectivity index (χ3n) is 3.49. The molecule has 2 nitrogen and oxygen atoms in total. The van der Waals surface area contributed by atoms with Gasteiger partial charge >= 0.3 is 0 Å². The van der Waals surface area contributed by atoms with E-state index in [1.54, 1.807) is 0 Å². The molecule has 0 spiro atoms. The van der Waals surface area contributed by atoms with Crippen LogP contribution in [-0.2, 0) is 6.42 Å². The Hall–Kier alpha value is -0.380. The van der Waals surface area contributed by atoms with Crippen LogP contribution >= 0.6 is 15.9 Å². The van der Waals surface area contributed by atoms with Gasteiger partial charge in [0.15, 0.2) is 0 Å². The molecule has 2 rings (SSSR count). The highest BCUT2D eigenvalue weighted by Gasteiger charge is 2.26. The van der Waals surface area contributed by atoms with Crippen molar-refractivity contribution < 1.29 is 0 Å². The van der Waals surface area contributed by atoms with Gasteiger partial charge in [-0.15, -0.1) is 0 Å². The van der Waals surface area contributed by atoms with Gasteiger partial charge in [0, 0.05) is 23.5 Å². The highest BCUT2D eigenvalue weighted by Crippen LogP contribution is 2.32. The summed E-state index contributed by atoms with van der Waals surface area (Å²) in [4.78, 5) is 2.35. The summed E-state index contributed by atoms with van der Waals surface area (Å²) in [7, 11) is 2.17. The Labute approximate surface area is 112 Å². The van der Waals surface area contributed by atoms with E-state index in [1.807, 2.05) is 0 Å². The zero-order chi connectivity index (χ0) is 12.3. The van der Waals surface area contributed by atoms with Gasteiger partial charge in [0.1, 0.15) is 0 Å². The van der Waals surface area contributed by atoms with Gasteiger partial charge in [-0.1, -0.05) is 28.1 Å². The number of likely N-dealkylation sites (N-methyl/N-ethyl adjacent to an activating group) is 1.